The van der Waals surface area contributed by atoms with Crippen LogP contribution in [0.3, 0.4) is 0 Å². The van der Waals surface area contributed by atoms with Gasteiger partial charge >= 0.3 is 5.97 Å². The number of nitrogens with one attached hydrogen (secondary N) is 1. The van der Waals surface area contributed by atoms with Crippen LogP contribution in [0.1, 0.15) is 24.1 Å². The molecule has 0 atom stereocenters. The smallest absolute Gasteiger partial charge is 0.303 e. The number of carboxylic acid groups (broad SMARTS) is 1. The SMILES string of the molecule is Cc1nn(C)c2ncc(CNCCCC(=O)O)cc12. The molecule has 0 amide bonds. The molecular weight excluding hydrogens is 244 g/mol. The van der Waals surface area contributed by atoms with Gasteiger partial charge in [-0.15, -0.1) is 0 Å². The van der Waals surface area contributed by atoms with Crippen LogP contribution < -0.4 is 5.32 Å². The number of pyridine rings is 1. The quantitative estimate of drug-likeness (QED) is 0.765. The highest BCUT2D eigenvalue weighted by molar-refractivity contribution is 5.78. The molecule has 0 aliphatic carbocycles. The van der Waals surface area contributed by atoms with Gasteiger partial charge < -0.3 is 10.4 Å². The van der Waals surface area contributed by atoms with Crippen LogP contribution in [0.4, 0.5) is 0 Å². The molecule has 2 N–H and O–H groups in total. The fourth-order valence-corrected chi connectivity index (χ4v) is 2.05. The van der Waals surface area contributed by atoms with Gasteiger partial charge in [-0.1, -0.05) is 0 Å². The third-order valence-corrected chi connectivity index (χ3v) is 2.99. The number of hydrogen-bond donors (Lipinski definition) is 2. The number of fused-ring (bicyclic) bond motifs is 1. The molecule has 102 valence electrons. The summed E-state index contributed by atoms with van der Waals surface area (Å²) in [6.45, 7) is 3.35. The highest BCUT2D eigenvalue weighted by Crippen LogP contribution is 2.16. The summed E-state index contributed by atoms with van der Waals surface area (Å²) in [7, 11) is 1.88. The van der Waals surface area contributed by atoms with Crippen molar-refractivity contribution < 1.29 is 9.90 Å². The molecule has 0 saturated heterocycles. The first-order valence-electron chi connectivity index (χ1n) is 6.28. The number of aromatic nitrogens is 3. The van der Waals surface area contributed by atoms with E-state index in [-0.39, 0.29) is 6.42 Å². The molecule has 0 radical (unpaired) electrons. The van der Waals surface area contributed by atoms with Crippen LogP contribution in [0, 0.1) is 6.92 Å². The average molecular weight is 262 g/mol. The Morgan fingerprint density at radius 1 is 1.53 bits per heavy atom. The van der Waals surface area contributed by atoms with E-state index in [0.717, 1.165) is 22.3 Å². The number of carboxylic acids is 1. The normalized spacial score (nSPS) is 11.1. The molecule has 6 nitrogen and oxygen atoms in total. The van der Waals surface area contributed by atoms with Crippen LogP contribution in [0.5, 0.6) is 0 Å². The van der Waals surface area contributed by atoms with Gasteiger partial charge in [0.25, 0.3) is 0 Å². The van der Waals surface area contributed by atoms with Crippen LogP contribution in [-0.4, -0.2) is 32.4 Å². The summed E-state index contributed by atoms with van der Waals surface area (Å²) in [5, 5.41) is 17.1. The molecule has 2 aromatic rings. The van der Waals surface area contributed by atoms with E-state index >= 15 is 0 Å². The molecule has 6 heteroatoms. The minimum absolute atomic E-state index is 0.200. The number of carbonyl (C=O) groups is 1. The minimum Gasteiger partial charge on any atom is -0.481 e. The summed E-state index contributed by atoms with van der Waals surface area (Å²) in [4.78, 5) is 14.8. The lowest BCUT2D eigenvalue weighted by Gasteiger charge is -2.04. The zero-order valence-corrected chi connectivity index (χ0v) is 11.2. The number of hydrogen-bond acceptors (Lipinski definition) is 4. The standard InChI is InChI=1S/C13H18N4O2/c1-9-11-6-10(7-14-5-3-4-12(18)19)8-15-13(11)17(2)16-9/h6,8,14H,3-5,7H2,1-2H3,(H,18,19). The predicted molar refractivity (Wildman–Crippen MR) is 71.8 cm³/mol. The van der Waals surface area contributed by atoms with Crippen molar-refractivity contribution in [3.05, 3.63) is 23.5 Å². The van der Waals surface area contributed by atoms with Crippen molar-refractivity contribution in [1.82, 2.24) is 20.1 Å². The van der Waals surface area contributed by atoms with Crippen LogP contribution in [0.2, 0.25) is 0 Å². The molecule has 2 aromatic heterocycles. The van der Waals surface area contributed by atoms with E-state index in [2.05, 4.69) is 21.5 Å². The molecule has 0 aromatic carbocycles. The van der Waals surface area contributed by atoms with Crippen molar-refractivity contribution in [2.45, 2.75) is 26.3 Å². The van der Waals surface area contributed by atoms with E-state index < -0.39 is 5.97 Å². The number of nitrogens with zero attached hydrogens (tertiary/aromatic N) is 3. The predicted octanol–water partition coefficient (Wildman–Crippen LogP) is 1.23. The third kappa shape index (κ3) is 3.29. The monoisotopic (exact) mass is 262 g/mol. The minimum atomic E-state index is -0.754. The maximum atomic E-state index is 10.4. The van der Waals surface area contributed by atoms with Gasteiger partial charge in [0.15, 0.2) is 5.65 Å². The zero-order chi connectivity index (χ0) is 13.8. The number of aliphatic carboxylic acids is 1. The molecular formula is C13H18N4O2. The maximum Gasteiger partial charge on any atom is 0.303 e. The maximum absolute atomic E-state index is 10.4. The third-order valence-electron chi connectivity index (χ3n) is 2.99. The van der Waals surface area contributed by atoms with Crippen LogP contribution >= 0.6 is 0 Å². The number of rotatable bonds is 6. The van der Waals surface area contributed by atoms with E-state index in [1.54, 1.807) is 4.68 Å². The second-order valence-corrected chi connectivity index (χ2v) is 4.60. The lowest BCUT2D eigenvalue weighted by atomic mass is 10.2. The molecule has 0 spiro atoms. The Bertz CT molecular complexity index is 592. The molecule has 0 aliphatic rings. The van der Waals surface area contributed by atoms with E-state index in [1.165, 1.54) is 0 Å². The Hall–Kier alpha value is -1.95. The van der Waals surface area contributed by atoms with Crippen molar-refractivity contribution in [3.8, 4) is 0 Å². The molecule has 2 heterocycles. The molecule has 0 bridgehead atoms. The van der Waals surface area contributed by atoms with Crippen LogP contribution in [-0.2, 0) is 18.4 Å². The van der Waals surface area contributed by atoms with Crippen molar-refractivity contribution in [1.29, 1.82) is 0 Å². The van der Waals surface area contributed by atoms with Crippen LogP contribution in [0.15, 0.2) is 12.3 Å². The van der Waals surface area contributed by atoms with E-state index in [4.69, 9.17) is 5.11 Å². The highest BCUT2D eigenvalue weighted by atomic mass is 16.4. The van der Waals surface area contributed by atoms with Crippen molar-refractivity contribution in [3.63, 3.8) is 0 Å². The fourth-order valence-electron chi connectivity index (χ4n) is 2.05. The van der Waals surface area contributed by atoms with Crippen molar-refractivity contribution in [2.75, 3.05) is 6.54 Å². The van der Waals surface area contributed by atoms with E-state index in [9.17, 15) is 4.79 Å². The highest BCUT2D eigenvalue weighted by Gasteiger charge is 2.06. The second-order valence-electron chi connectivity index (χ2n) is 4.60. The largest absolute Gasteiger partial charge is 0.481 e. The molecule has 0 fully saturated rings. The Morgan fingerprint density at radius 2 is 2.32 bits per heavy atom. The summed E-state index contributed by atoms with van der Waals surface area (Å²) < 4.78 is 1.77. The Labute approximate surface area is 111 Å². The Balaban J connectivity index is 1.94. The molecule has 0 saturated carbocycles. The van der Waals surface area contributed by atoms with Gasteiger partial charge in [0, 0.05) is 31.6 Å². The summed E-state index contributed by atoms with van der Waals surface area (Å²) in [6, 6.07) is 2.08. The van der Waals surface area contributed by atoms with Crippen LogP contribution in [0.25, 0.3) is 11.0 Å². The molecule has 0 unspecified atom stereocenters. The van der Waals surface area contributed by atoms with Gasteiger partial charge in [-0.2, -0.15) is 5.10 Å². The summed E-state index contributed by atoms with van der Waals surface area (Å²) >= 11 is 0. The van der Waals surface area contributed by atoms with Gasteiger partial charge in [-0.05, 0) is 31.5 Å². The first kappa shape index (κ1) is 13.5. The molecule has 2 rings (SSSR count). The number of aryl methyl sites for hydroxylation is 2. The topological polar surface area (TPSA) is 80.0 Å². The second kappa shape index (κ2) is 5.79. The van der Waals surface area contributed by atoms with Crippen molar-refractivity contribution in [2.24, 2.45) is 7.05 Å². The summed E-state index contributed by atoms with van der Waals surface area (Å²) in [6.07, 6.45) is 2.66. The first-order valence-corrected chi connectivity index (χ1v) is 6.28. The zero-order valence-electron chi connectivity index (χ0n) is 11.2. The lowest BCUT2D eigenvalue weighted by molar-refractivity contribution is -0.137. The summed E-state index contributed by atoms with van der Waals surface area (Å²) in [5.41, 5.74) is 2.93. The fraction of sp³-hybridized carbons (Fsp3) is 0.462. The van der Waals surface area contributed by atoms with Gasteiger partial charge in [0.1, 0.15) is 0 Å². The van der Waals surface area contributed by atoms with Gasteiger partial charge in [0.05, 0.1) is 5.69 Å². The molecule has 19 heavy (non-hydrogen) atoms. The van der Waals surface area contributed by atoms with E-state index in [1.807, 2.05) is 20.2 Å². The Morgan fingerprint density at radius 3 is 3.05 bits per heavy atom. The summed E-state index contributed by atoms with van der Waals surface area (Å²) in [5.74, 6) is -0.754. The first-order chi connectivity index (χ1) is 9.08. The van der Waals surface area contributed by atoms with Crippen molar-refractivity contribution >= 4 is 17.0 Å². The Kier molecular flexibility index (Phi) is 4.11. The van der Waals surface area contributed by atoms with Gasteiger partial charge in [-0.25, -0.2) is 4.98 Å². The van der Waals surface area contributed by atoms with E-state index in [0.29, 0.717) is 19.5 Å². The van der Waals surface area contributed by atoms with Gasteiger partial charge in [-0.3, -0.25) is 9.48 Å². The van der Waals surface area contributed by atoms with Gasteiger partial charge in [0.2, 0.25) is 0 Å². The average Bonchev–Trinajstić information content (AvgIpc) is 2.64. The lowest BCUT2D eigenvalue weighted by Crippen LogP contribution is -2.15. The molecule has 0 aliphatic heterocycles.